The Kier molecular flexibility index (Phi) is 3.30. The number of anilines is 1. The van der Waals surface area contributed by atoms with Gasteiger partial charge in [0, 0.05) is 14.1 Å². The molecule has 0 spiro atoms. The number of carbonyl (C=O) groups is 2. The molecule has 1 aromatic heterocycles. The van der Waals surface area contributed by atoms with Crippen LogP contribution in [0.5, 0.6) is 0 Å². The molecule has 0 radical (unpaired) electrons. The maximum Gasteiger partial charge on any atom is 0.351 e. The first-order chi connectivity index (χ1) is 12.4. The van der Waals surface area contributed by atoms with Gasteiger partial charge >= 0.3 is 11.4 Å². The number of fused-ring (bicyclic) bond motifs is 1. The smallest absolute Gasteiger partial charge is 0.268 e. The SMILES string of the molecule is Cn1c(=O)n(-c2ccc(N3C(=O)c4ccccc4C3=O)cc2)c(=O)n1C. The highest BCUT2D eigenvalue weighted by molar-refractivity contribution is 6.34. The van der Waals surface area contributed by atoms with Crippen molar-refractivity contribution in [2.75, 3.05) is 4.90 Å². The maximum atomic E-state index is 12.5. The average molecular weight is 350 g/mol. The van der Waals surface area contributed by atoms with Gasteiger partial charge in [-0.1, -0.05) is 12.1 Å². The van der Waals surface area contributed by atoms with Gasteiger partial charge in [0.2, 0.25) is 0 Å². The summed E-state index contributed by atoms with van der Waals surface area (Å²) in [5.41, 5.74) is 0.485. The van der Waals surface area contributed by atoms with E-state index in [4.69, 9.17) is 0 Å². The lowest BCUT2D eigenvalue weighted by atomic mass is 10.1. The fourth-order valence-corrected chi connectivity index (χ4v) is 3.02. The van der Waals surface area contributed by atoms with Gasteiger partial charge < -0.3 is 0 Å². The van der Waals surface area contributed by atoms with Crippen molar-refractivity contribution in [2.45, 2.75) is 0 Å². The predicted octanol–water partition coefficient (Wildman–Crippen LogP) is 0.675. The van der Waals surface area contributed by atoms with Crippen LogP contribution in [0.4, 0.5) is 5.69 Å². The van der Waals surface area contributed by atoms with Crippen LogP contribution in [0.15, 0.2) is 58.1 Å². The molecule has 0 fully saturated rings. The highest BCUT2D eigenvalue weighted by Crippen LogP contribution is 2.28. The molecule has 130 valence electrons. The molecule has 0 saturated carbocycles. The molecule has 2 aromatic carbocycles. The van der Waals surface area contributed by atoms with E-state index >= 15 is 0 Å². The molecule has 2 amide bonds. The molecule has 0 saturated heterocycles. The summed E-state index contributed by atoms with van der Waals surface area (Å²) in [7, 11) is 2.99. The van der Waals surface area contributed by atoms with Crippen LogP contribution in [-0.4, -0.2) is 25.7 Å². The van der Waals surface area contributed by atoms with E-state index < -0.39 is 23.2 Å². The summed E-state index contributed by atoms with van der Waals surface area (Å²) in [6, 6.07) is 12.8. The van der Waals surface area contributed by atoms with Gasteiger partial charge in [-0.25, -0.2) is 28.4 Å². The third kappa shape index (κ3) is 2.02. The molecule has 0 atom stereocenters. The third-order valence-electron chi connectivity index (χ3n) is 4.55. The minimum absolute atomic E-state index is 0.356. The van der Waals surface area contributed by atoms with E-state index in [-0.39, 0.29) is 0 Å². The molecule has 4 rings (SSSR count). The molecule has 26 heavy (non-hydrogen) atoms. The van der Waals surface area contributed by atoms with Crippen molar-refractivity contribution in [3.63, 3.8) is 0 Å². The van der Waals surface area contributed by atoms with E-state index in [9.17, 15) is 19.2 Å². The minimum atomic E-state index is -0.481. The number of carbonyl (C=O) groups excluding carboxylic acids is 2. The molecule has 1 aliphatic rings. The minimum Gasteiger partial charge on any atom is -0.268 e. The summed E-state index contributed by atoms with van der Waals surface area (Å²) in [6.07, 6.45) is 0. The highest BCUT2D eigenvalue weighted by atomic mass is 16.2. The average Bonchev–Trinajstić information content (AvgIpc) is 3.02. The molecule has 3 aromatic rings. The molecule has 2 heterocycles. The summed E-state index contributed by atoms with van der Waals surface area (Å²) in [5.74, 6) is -0.794. The second-order valence-electron chi connectivity index (χ2n) is 5.96. The van der Waals surface area contributed by atoms with Crippen molar-refractivity contribution in [1.29, 1.82) is 0 Å². The van der Waals surface area contributed by atoms with Crippen LogP contribution in [0.1, 0.15) is 20.7 Å². The number of rotatable bonds is 2. The Bertz CT molecular complexity index is 1110. The Labute approximate surface area is 147 Å². The van der Waals surface area contributed by atoms with E-state index in [2.05, 4.69) is 0 Å². The van der Waals surface area contributed by atoms with Gasteiger partial charge in [-0.2, -0.15) is 0 Å². The number of nitrogens with zero attached hydrogens (tertiary/aromatic N) is 4. The van der Waals surface area contributed by atoms with Gasteiger partial charge in [0.25, 0.3) is 11.8 Å². The lowest BCUT2D eigenvalue weighted by Crippen LogP contribution is -2.30. The summed E-state index contributed by atoms with van der Waals surface area (Å²) in [4.78, 5) is 50.5. The van der Waals surface area contributed by atoms with Crippen LogP contribution in [0.25, 0.3) is 5.69 Å². The van der Waals surface area contributed by atoms with Crippen LogP contribution in [0, 0.1) is 0 Å². The molecule has 8 heteroatoms. The lowest BCUT2D eigenvalue weighted by molar-refractivity contribution is 0.0926. The van der Waals surface area contributed by atoms with Crippen molar-refractivity contribution >= 4 is 17.5 Å². The zero-order chi connectivity index (χ0) is 18.6. The van der Waals surface area contributed by atoms with Crippen LogP contribution < -0.4 is 16.3 Å². The second kappa shape index (κ2) is 5.41. The molecule has 8 nitrogen and oxygen atoms in total. The van der Waals surface area contributed by atoms with Gasteiger partial charge in [-0.15, -0.1) is 0 Å². The fraction of sp³-hybridized carbons (Fsp3) is 0.111. The van der Waals surface area contributed by atoms with Crippen molar-refractivity contribution in [2.24, 2.45) is 14.1 Å². The Morgan fingerprint density at radius 2 is 1.04 bits per heavy atom. The number of imide groups is 1. The zero-order valence-corrected chi connectivity index (χ0v) is 14.0. The topological polar surface area (TPSA) is 86.3 Å². The molecule has 0 N–H and O–H groups in total. The Morgan fingerprint density at radius 1 is 0.615 bits per heavy atom. The van der Waals surface area contributed by atoms with Crippen LogP contribution in [0.3, 0.4) is 0 Å². The van der Waals surface area contributed by atoms with Crippen molar-refractivity contribution in [3.05, 3.63) is 80.6 Å². The van der Waals surface area contributed by atoms with Crippen LogP contribution >= 0.6 is 0 Å². The molecule has 1 aliphatic heterocycles. The summed E-state index contributed by atoms with van der Waals surface area (Å²) in [6.45, 7) is 0. The number of amides is 2. The van der Waals surface area contributed by atoms with Crippen molar-refractivity contribution in [1.82, 2.24) is 13.9 Å². The van der Waals surface area contributed by atoms with Crippen LogP contribution in [0.2, 0.25) is 0 Å². The third-order valence-corrected chi connectivity index (χ3v) is 4.55. The van der Waals surface area contributed by atoms with Gasteiger partial charge in [0.05, 0.1) is 22.5 Å². The van der Waals surface area contributed by atoms with E-state index in [0.29, 0.717) is 22.5 Å². The summed E-state index contributed by atoms with van der Waals surface area (Å²) < 4.78 is 3.41. The van der Waals surface area contributed by atoms with Crippen LogP contribution in [-0.2, 0) is 14.1 Å². The quantitative estimate of drug-likeness (QED) is 0.636. The van der Waals surface area contributed by atoms with E-state index in [0.717, 1.165) is 9.47 Å². The molecule has 0 bridgehead atoms. The first-order valence-electron chi connectivity index (χ1n) is 7.85. The largest absolute Gasteiger partial charge is 0.351 e. The summed E-state index contributed by atoms with van der Waals surface area (Å²) in [5, 5.41) is 0. The highest BCUT2D eigenvalue weighted by Gasteiger charge is 2.36. The normalized spacial score (nSPS) is 13.4. The molecule has 0 unspecified atom stereocenters. The van der Waals surface area contributed by atoms with Crippen molar-refractivity contribution in [3.8, 4) is 5.69 Å². The van der Waals surface area contributed by atoms with Gasteiger partial charge in [0.1, 0.15) is 0 Å². The van der Waals surface area contributed by atoms with E-state index in [1.165, 1.54) is 47.7 Å². The number of hydrogen-bond donors (Lipinski definition) is 0. The van der Waals surface area contributed by atoms with Gasteiger partial charge in [0.15, 0.2) is 0 Å². The second-order valence-corrected chi connectivity index (χ2v) is 5.96. The monoisotopic (exact) mass is 350 g/mol. The maximum absolute atomic E-state index is 12.5. The molecule has 0 aliphatic carbocycles. The van der Waals surface area contributed by atoms with Gasteiger partial charge in [-0.3, -0.25) is 9.59 Å². The molecular formula is C18H14N4O4. The zero-order valence-electron chi connectivity index (χ0n) is 14.0. The standard InChI is InChI=1S/C18H14N4O4/c1-19-17(25)22(18(26)20(19)2)12-9-7-11(8-10-12)21-15(23)13-5-3-4-6-14(13)16(21)24/h3-10H,1-2H3. The Morgan fingerprint density at radius 3 is 1.50 bits per heavy atom. The summed E-state index contributed by atoms with van der Waals surface area (Å²) >= 11 is 0. The number of hydrogen-bond acceptors (Lipinski definition) is 4. The number of aromatic nitrogens is 3. The van der Waals surface area contributed by atoms with E-state index in [1.807, 2.05) is 0 Å². The fourth-order valence-electron chi connectivity index (χ4n) is 3.02. The number of benzene rings is 2. The van der Waals surface area contributed by atoms with Gasteiger partial charge in [-0.05, 0) is 36.4 Å². The predicted molar refractivity (Wildman–Crippen MR) is 93.8 cm³/mol. The first-order valence-corrected chi connectivity index (χ1v) is 7.85. The molecular weight excluding hydrogens is 336 g/mol. The van der Waals surface area contributed by atoms with Crippen molar-refractivity contribution < 1.29 is 9.59 Å². The van der Waals surface area contributed by atoms with E-state index in [1.54, 1.807) is 24.3 Å². The Balaban J connectivity index is 1.76. The Hall–Kier alpha value is -3.68. The lowest BCUT2D eigenvalue weighted by Gasteiger charge is -2.14. The first kappa shape index (κ1) is 15.8.